The Kier molecular flexibility index (Phi) is 6.50. The van der Waals surface area contributed by atoms with Gasteiger partial charge in [-0.1, -0.05) is 30.7 Å². The number of hydrogen-bond donors (Lipinski definition) is 2. The molecule has 0 fully saturated rings. The average molecular weight is 297 g/mol. The van der Waals surface area contributed by atoms with Crippen LogP contribution < -0.4 is 10.6 Å². The van der Waals surface area contributed by atoms with E-state index in [4.69, 9.17) is 11.6 Å². The molecule has 1 aromatic rings. The first-order valence-corrected chi connectivity index (χ1v) is 7.51. The Balaban J connectivity index is 2.34. The highest BCUT2D eigenvalue weighted by molar-refractivity contribution is 6.30. The molecule has 20 heavy (non-hydrogen) atoms. The number of carbonyl (C=O) groups is 1. The molecule has 0 bridgehead atoms. The van der Waals surface area contributed by atoms with Gasteiger partial charge in [0, 0.05) is 10.6 Å². The third-order valence-electron chi connectivity index (χ3n) is 3.52. The number of benzene rings is 1. The molecule has 0 radical (unpaired) electrons. The Morgan fingerprint density at radius 2 is 1.90 bits per heavy atom. The van der Waals surface area contributed by atoms with Gasteiger partial charge in [-0.15, -0.1) is 0 Å². The lowest BCUT2D eigenvalue weighted by Gasteiger charge is -2.26. The fourth-order valence-corrected chi connectivity index (χ4v) is 1.83. The van der Waals surface area contributed by atoms with Crippen LogP contribution in [0.4, 0.5) is 0 Å². The van der Waals surface area contributed by atoms with E-state index in [2.05, 4.69) is 17.6 Å². The Bertz CT molecular complexity index is 429. The number of rotatable bonds is 7. The minimum atomic E-state index is -0.187. The zero-order valence-corrected chi connectivity index (χ0v) is 13.6. The summed E-state index contributed by atoms with van der Waals surface area (Å²) < 4.78 is 0. The molecule has 1 rings (SSSR count). The lowest BCUT2D eigenvalue weighted by atomic mass is 10.0. The van der Waals surface area contributed by atoms with E-state index in [0.29, 0.717) is 0 Å². The summed E-state index contributed by atoms with van der Waals surface area (Å²) in [5.41, 5.74) is 1.06. The van der Waals surface area contributed by atoms with E-state index in [-0.39, 0.29) is 17.5 Å². The summed E-state index contributed by atoms with van der Waals surface area (Å²) in [6, 6.07) is 7.60. The second kappa shape index (κ2) is 7.65. The van der Waals surface area contributed by atoms with Crippen molar-refractivity contribution in [2.24, 2.45) is 0 Å². The summed E-state index contributed by atoms with van der Waals surface area (Å²) in [7, 11) is 0. The number of amides is 1. The molecule has 1 aromatic carbocycles. The molecule has 112 valence electrons. The van der Waals surface area contributed by atoms with Gasteiger partial charge < -0.3 is 10.6 Å². The maximum Gasteiger partial charge on any atom is 0.237 e. The van der Waals surface area contributed by atoms with E-state index in [9.17, 15) is 4.79 Å². The number of halogens is 1. The third-order valence-corrected chi connectivity index (χ3v) is 3.77. The van der Waals surface area contributed by atoms with Crippen molar-refractivity contribution in [3.8, 4) is 0 Å². The van der Waals surface area contributed by atoms with Crippen molar-refractivity contribution in [3.63, 3.8) is 0 Å². The van der Waals surface area contributed by atoms with Crippen LogP contribution in [0, 0.1) is 0 Å². The van der Waals surface area contributed by atoms with Crippen LogP contribution in [-0.2, 0) is 11.2 Å². The van der Waals surface area contributed by atoms with Crippen molar-refractivity contribution in [1.29, 1.82) is 0 Å². The van der Waals surface area contributed by atoms with Gasteiger partial charge in [-0.2, -0.15) is 0 Å². The van der Waals surface area contributed by atoms with Crippen LogP contribution in [-0.4, -0.2) is 24.0 Å². The van der Waals surface area contributed by atoms with E-state index in [1.807, 2.05) is 45.0 Å². The molecule has 0 aliphatic heterocycles. The van der Waals surface area contributed by atoms with Gasteiger partial charge >= 0.3 is 0 Å². The van der Waals surface area contributed by atoms with Gasteiger partial charge in [-0.05, 0) is 57.9 Å². The van der Waals surface area contributed by atoms with E-state index in [1.165, 1.54) is 5.56 Å². The smallest absolute Gasteiger partial charge is 0.237 e. The third kappa shape index (κ3) is 5.93. The van der Waals surface area contributed by atoms with Crippen LogP contribution >= 0.6 is 11.6 Å². The van der Waals surface area contributed by atoms with E-state index < -0.39 is 0 Å². The van der Waals surface area contributed by atoms with Crippen molar-refractivity contribution in [3.05, 3.63) is 34.9 Å². The minimum Gasteiger partial charge on any atom is -0.350 e. The normalized spacial score (nSPS) is 13.1. The second-order valence-corrected chi connectivity index (χ2v) is 6.22. The highest BCUT2D eigenvalue weighted by atomic mass is 35.5. The summed E-state index contributed by atoms with van der Waals surface area (Å²) >= 11 is 5.84. The summed E-state index contributed by atoms with van der Waals surface area (Å²) in [5, 5.41) is 7.04. The van der Waals surface area contributed by atoms with Crippen molar-refractivity contribution in [1.82, 2.24) is 10.6 Å². The predicted octanol–water partition coefficient (Wildman–Crippen LogP) is 3.17. The first kappa shape index (κ1) is 17.0. The van der Waals surface area contributed by atoms with Crippen LogP contribution in [0.5, 0.6) is 0 Å². The first-order chi connectivity index (χ1) is 9.34. The monoisotopic (exact) mass is 296 g/mol. The van der Waals surface area contributed by atoms with Crippen molar-refractivity contribution in [2.75, 3.05) is 6.54 Å². The second-order valence-electron chi connectivity index (χ2n) is 5.78. The zero-order valence-electron chi connectivity index (χ0n) is 12.8. The van der Waals surface area contributed by atoms with Crippen molar-refractivity contribution in [2.45, 2.75) is 52.1 Å². The summed E-state index contributed by atoms with van der Waals surface area (Å²) in [6.45, 7) is 8.79. The number of carbonyl (C=O) groups excluding carboxylic acids is 1. The Hall–Kier alpha value is -1.06. The molecule has 0 heterocycles. The molecule has 0 aromatic heterocycles. The molecule has 0 aliphatic carbocycles. The Labute approximate surface area is 127 Å². The van der Waals surface area contributed by atoms with Crippen LogP contribution in [0.15, 0.2) is 24.3 Å². The SMILES string of the molecule is CCC(C)(C)NC(=O)C(C)NCCc1ccc(Cl)cc1. The van der Waals surface area contributed by atoms with Crippen LogP contribution in [0.25, 0.3) is 0 Å². The molecular formula is C16H25ClN2O. The van der Waals surface area contributed by atoms with Crippen molar-refractivity contribution < 1.29 is 4.79 Å². The summed E-state index contributed by atoms with van der Waals surface area (Å²) in [4.78, 5) is 12.0. The van der Waals surface area contributed by atoms with Gasteiger partial charge in [0.25, 0.3) is 0 Å². The van der Waals surface area contributed by atoms with E-state index >= 15 is 0 Å². The topological polar surface area (TPSA) is 41.1 Å². The summed E-state index contributed by atoms with van der Waals surface area (Å²) in [5.74, 6) is 0.0490. The molecular weight excluding hydrogens is 272 g/mol. The van der Waals surface area contributed by atoms with Gasteiger partial charge in [-0.25, -0.2) is 0 Å². The van der Waals surface area contributed by atoms with Crippen LogP contribution in [0.3, 0.4) is 0 Å². The first-order valence-electron chi connectivity index (χ1n) is 7.14. The predicted molar refractivity (Wildman–Crippen MR) is 85.1 cm³/mol. The molecule has 0 saturated heterocycles. The Morgan fingerprint density at radius 1 is 1.30 bits per heavy atom. The Morgan fingerprint density at radius 3 is 2.45 bits per heavy atom. The molecule has 0 spiro atoms. The molecule has 2 N–H and O–H groups in total. The fraction of sp³-hybridized carbons (Fsp3) is 0.562. The molecule has 0 saturated carbocycles. The molecule has 3 nitrogen and oxygen atoms in total. The van der Waals surface area contributed by atoms with Gasteiger partial charge in [0.05, 0.1) is 6.04 Å². The lowest BCUT2D eigenvalue weighted by molar-refractivity contribution is -0.124. The molecule has 4 heteroatoms. The van der Waals surface area contributed by atoms with E-state index in [1.54, 1.807) is 0 Å². The number of nitrogens with one attached hydrogen (secondary N) is 2. The van der Waals surface area contributed by atoms with Crippen molar-refractivity contribution >= 4 is 17.5 Å². The molecule has 1 unspecified atom stereocenters. The largest absolute Gasteiger partial charge is 0.350 e. The molecule has 1 atom stereocenters. The zero-order chi connectivity index (χ0) is 15.2. The molecule has 1 amide bonds. The molecule has 0 aliphatic rings. The van der Waals surface area contributed by atoms with E-state index in [0.717, 1.165) is 24.4 Å². The standard InChI is InChI=1S/C16H25ClN2O/c1-5-16(3,4)19-15(20)12(2)18-11-10-13-6-8-14(17)9-7-13/h6-9,12,18H,5,10-11H2,1-4H3,(H,19,20). The van der Waals surface area contributed by atoms with Crippen LogP contribution in [0.2, 0.25) is 5.02 Å². The van der Waals surface area contributed by atoms with Gasteiger partial charge in [0.2, 0.25) is 5.91 Å². The van der Waals surface area contributed by atoms with Gasteiger partial charge in [-0.3, -0.25) is 4.79 Å². The maximum absolute atomic E-state index is 12.0. The maximum atomic E-state index is 12.0. The average Bonchev–Trinajstić information content (AvgIpc) is 2.40. The van der Waals surface area contributed by atoms with Crippen LogP contribution in [0.1, 0.15) is 39.7 Å². The highest BCUT2D eigenvalue weighted by Crippen LogP contribution is 2.10. The number of hydrogen-bond acceptors (Lipinski definition) is 2. The fourth-order valence-electron chi connectivity index (χ4n) is 1.71. The minimum absolute atomic E-state index is 0.0490. The summed E-state index contributed by atoms with van der Waals surface area (Å²) in [6.07, 6.45) is 1.79. The van der Waals surface area contributed by atoms with Gasteiger partial charge in [0.1, 0.15) is 0 Å². The quantitative estimate of drug-likeness (QED) is 0.811. The lowest BCUT2D eigenvalue weighted by Crippen LogP contribution is -2.50. The van der Waals surface area contributed by atoms with Gasteiger partial charge in [0.15, 0.2) is 0 Å². The highest BCUT2D eigenvalue weighted by Gasteiger charge is 2.21.